The molecule has 0 aromatic carbocycles. The fraction of sp³-hybridized carbons (Fsp3) is 1.00. The molecule has 0 spiro atoms. The van der Waals surface area contributed by atoms with Crippen LogP contribution in [0.3, 0.4) is 0 Å². The molecule has 1 nitrogen and oxygen atoms in total. The van der Waals surface area contributed by atoms with Gasteiger partial charge in [0, 0.05) is 0 Å². The topological polar surface area (TPSA) is 26.0 Å². The first-order valence-electron chi connectivity index (χ1n) is 3.36. The number of nitrogens with two attached hydrogens (primary N) is 1. The van der Waals surface area contributed by atoms with Crippen LogP contribution >= 0.6 is 8.07 Å². The molecule has 1 unspecified atom stereocenters. The molecule has 0 saturated carbocycles. The van der Waals surface area contributed by atoms with Crippen molar-refractivity contribution in [3.05, 3.63) is 0 Å². The van der Waals surface area contributed by atoms with Crippen molar-refractivity contribution in [1.29, 1.82) is 0 Å². The highest BCUT2D eigenvalue weighted by Gasteiger charge is 2.20. The summed E-state index contributed by atoms with van der Waals surface area (Å²) in [5, 5.41) is 0. The molecule has 0 aliphatic carbocycles. The van der Waals surface area contributed by atoms with E-state index in [2.05, 4.69) is 6.92 Å². The first kappa shape index (κ1) is 6.51. The van der Waals surface area contributed by atoms with E-state index in [1.165, 1.54) is 25.4 Å². The lowest BCUT2D eigenvalue weighted by atomic mass is 10.2. The highest BCUT2D eigenvalue weighted by molar-refractivity contribution is 7.56. The minimum atomic E-state index is -0.0285. The van der Waals surface area contributed by atoms with Crippen molar-refractivity contribution >= 4 is 8.07 Å². The molecule has 2 atom stereocenters. The minimum Gasteiger partial charge on any atom is -0.309 e. The molecule has 1 aliphatic rings. The Hall–Kier alpha value is 0.390. The van der Waals surface area contributed by atoms with E-state index >= 15 is 0 Å². The van der Waals surface area contributed by atoms with Gasteiger partial charge in [-0.2, -0.15) is 0 Å². The van der Waals surface area contributed by atoms with Crippen LogP contribution in [0.4, 0.5) is 0 Å². The predicted octanol–water partition coefficient (Wildman–Crippen LogP) is 1.91. The van der Waals surface area contributed by atoms with E-state index in [9.17, 15) is 0 Å². The summed E-state index contributed by atoms with van der Waals surface area (Å²) in [6.07, 6.45) is 5.43. The SMILES string of the molecule is CC[C@@H]1CCCP1N. The van der Waals surface area contributed by atoms with Gasteiger partial charge in [-0.05, 0) is 39.2 Å². The maximum Gasteiger partial charge on any atom is -0.00828 e. The van der Waals surface area contributed by atoms with Gasteiger partial charge in [0.2, 0.25) is 0 Å². The fourth-order valence-electron chi connectivity index (χ4n) is 1.30. The van der Waals surface area contributed by atoms with Crippen molar-refractivity contribution in [3.8, 4) is 0 Å². The molecule has 0 aromatic rings. The molecule has 2 N–H and O–H groups in total. The molecular weight excluding hydrogens is 117 g/mol. The summed E-state index contributed by atoms with van der Waals surface area (Å²) in [5.74, 6) is 0. The predicted molar refractivity (Wildman–Crippen MR) is 39.3 cm³/mol. The van der Waals surface area contributed by atoms with E-state index in [0.717, 1.165) is 5.66 Å². The molecule has 1 fully saturated rings. The Balaban J connectivity index is 2.30. The molecule has 0 amide bonds. The molecule has 0 aromatic heterocycles. The van der Waals surface area contributed by atoms with E-state index in [1.807, 2.05) is 0 Å². The third-order valence-corrected chi connectivity index (χ3v) is 4.29. The largest absolute Gasteiger partial charge is 0.309 e. The van der Waals surface area contributed by atoms with E-state index in [-0.39, 0.29) is 8.07 Å². The first-order valence-corrected chi connectivity index (χ1v) is 5.02. The highest BCUT2D eigenvalue weighted by atomic mass is 31.1. The lowest BCUT2D eigenvalue weighted by Gasteiger charge is -2.10. The zero-order valence-corrected chi connectivity index (χ0v) is 6.32. The third-order valence-electron chi connectivity index (χ3n) is 1.89. The summed E-state index contributed by atoms with van der Waals surface area (Å²) >= 11 is 0. The molecule has 48 valence electrons. The van der Waals surface area contributed by atoms with Crippen LogP contribution in [0.25, 0.3) is 0 Å². The Labute approximate surface area is 52.5 Å². The molecule has 8 heavy (non-hydrogen) atoms. The van der Waals surface area contributed by atoms with Gasteiger partial charge in [0.1, 0.15) is 0 Å². The molecule has 0 radical (unpaired) electrons. The quantitative estimate of drug-likeness (QED) is 0.540. The molecule has 1 rings (SSSR count). The van der Waals surface area contributed by atoms with Crippen LogP contribution in [0, 0.1) is 0 Å². The standard InChI is InChI=1S/C6H14NP/c1-2-6-4-3-5-8(6)7/h6H,2-5,7H2,1H3/t6-,8?/m1/s1. The third kappa shape index (κ3) is 1.21. The number of hydrogen-bond donors (Lipinski definition) is 1. The monoisotopic (exact) mass is 131 g/mol. The van der Waals surface area contributed by atoms with Gasteiger partial charge >= 0.3 is 0 Å². The zero-order valence-electron chi connectivity index (χ0n) is 5.43. The summed E-state index contributed by atoms with van der Waals surface area (Å²) in [6.45, 7) is 2.25. The van der Waals surface area contributed by atoms with Crippen molar-refractivity contribution < 1.29 is 0 Å². The molecule has 1 aliphatic heterocycles. The molecule has 1 heterocycles. The molecule has 2 heteroatoms. The maximum absolute atomic E-state index is 5.85. The lowest BCUT2D eigenvalue weighted by molar-refractivity contribution is 0.755. The van der Waals surface area contributed by atoms with Crippen LogP contribution in [0.5, 0.6) is 0 Å². The average molecular weight is 131 g/mol. The second-order valence-corrected chi connectivity index (χ2v) is 4.65. The summed E-state index contributed by atoms with van der Waals surface area (Å²) in [5.41, 5.74) is 6.76. The maximum atomic E-state index is 5.85. The van der Waals surface area contributed by atoms with Gasteiger partial charge < -0.3 is 5.50 Å². The number of hydrogen-bond acceptors (Lipinski definition) is 1. The van der Waals surface area contributed by atoms with E-state index in [1.54, 1.807) is 0 Å². The Morgan fingerprint density at radius 2 is 2.50 bits per heavy atom. The van der Waals surface area contributed by atoms with Gasteiger partial charge in [0.25, 0.3) is 0 Å². The minimum absolute atomic E-state index is 0.0285. The van der Waals surface area contributed by atoms with E-state index < -0.39 is 0 Å². The van der Waals surface area contributed by atoms with Gasteiger partial charge in [-0.1, -0.05) is 6.92 Å². The van der Waals surface area contributed by atoms with Crippen LogP contribution < -0.4 is 5.50 Å². The van der Waals surface area contributed by atoms with Gasteiger partial charge in [0.05, 0.1) is 0 Å². The molecular formula is C6H14NP. The fourth-order valence-corrected chi connectivity index (χ4v) is 3.19. The Morgan fingerprint density at radius 1 is 1.75 bits per heavy atom. The Bertz CT molecular complexity index is 74.9. The zero-order chi connectivity index (χ0) is 5.98. The van der Waals surface area contributed by atoms with Gasteiger partial charge in [-0.15, -0.1) is 0 Å². The van der Waals surface area contributed by atoms with Crippen LogP contribution in [0.1, 0.15) is 26.2 Å². The highest BCUT2D eigenvalue weighted by Crippen LogP contribution is 2.44. The Morgan fingerprint density at radius 3 is 2.75 bits per heavy atom. The van der Waals surface area contributed by atoms with Crippen LogP contribution in [0.2, 0.25) is 0 Å². The van der Waals surface area contributed by atoms with Crippen molar-refractivity contribution in [2.75, 3.05) is 6.16 Å². The number of rotatable bonds is 1. The second kappa shape index (κ2) is 2.80. The summed E-state index contributed by atoms with van der Waals surface area (Å²) in [7, 11) is -0.0285. The smallest absolute Gasteiger partial charge is 0.00828 e. The second-order valence-electron chi connectivity index (χ2n) is 2.44. The van der Waals surface area contributed by atoms with Gasteiger partial charge in [-0.25, -0.2) is 0 Å². The van der Waals surface area contributed by atoms with Crippen molar-refractivity contribution in [1.82, 2.24) is 0 Å². The van der Waals surface area contributed by atoms with Crippen LogP contribution in [0.15, 0.2) is 0 Å². The van der Waals surface area contributed by atoms with Crippen molar-refractivity contribution in [2.24, 2.45) is 5.50 Å². The first-order chi connectivity index (χ1) is 3.84. The van der Waals surface area contributed by atoms with Crippen LogP contribution in [-0.4, -0.2) is 11.8 Å². The van der Waals surface area contributed by atoms with Crippen molar-refractivity contribution in [2.45, 2.75) is 31.8 Å². The molecule has 1 saturated heterocycles. The Kier molecular flexibility index (Phi) is 2.27. The lowest BCUT2D eigenvalue weighted by Crippen LogP contribution is -2.01. The summed E-state index contributed by atoms with van der Waals surface area (Å²) < 4.78 is 0. The van der Waals surface area contributed by atoms with Crippen LogP contribution in [-0.2, 0) is 0 Å². The van der Waals surface area contributed by atoms with E-state index in [4.69, 9.17) is 5.50 Å². The molecule has 0 bridgehead atoms. The summed E-state index contributed by atoms with van der Waals surface area (Å²) in [6, 6.07) is 0. The summed E-state index contributed by atoms with van der Waals surface area (Å²) in [4.78, 5) is 0. The van der Waals surface area contributed by atoms with Gasteiger partial charge in [-0.3, -0.25) is 0 Å². The normalized spacial score (nSPS) is 38.2. The van der Waals surface area contributed by atoms with Gasteiger partial charge in [0.15, 0.2) is 0 Å². The van der Waals surface area contributed by atoms with E-state index in [0.29, 0.717) is 0 Å². The van der Waals surface area contributed by atoms with Crippen molar-refractivity contribution in [3.63, 3.8) is 0 Å². The average Bonchev–Trinajstić information content (AvgIpc) is 2.14.